The predicted molar refractivity (Wildman–Crippen MR) is 79.5 cm³/mol. The molecule has 0 amide bonds. The highest BCUT2D eigenvalue weighted by Crippen LogP contribution is 2.30. The molecule has 0 saturated carbocycles. The number of benzene rings is 1. The van der Waals surface area contributed by atoms with E-state index in [-0.39, 0.29) is 17.6 Å². The number of aryl methyl sites for hydroxylation is 1. The summed E-state index contributed by atoms with van der Waals surface area (Å²) in [5.41, 5.74) is 1.79. The van der Waals surface area contributed by atoms with Crippen molar-refractivity contribution in [2.45, 2.75) is 19.5 Å². The van der Waals surface area contributed by atoms with Gasteiger partial charge in [0.1, 0.15) is 0 Å². The van der Waals surface area contributed by atoms with Crippen LogP contribution in [0.25, 0.3) is 0 Å². The van der Waals surface area contributed by atoms with E-state index in [0.29, 0.717) is 0 Å². The molecule has 0 aliphatic carbocycles. The lowest BCUT2D eigenvalue weighted by molar-refractivity contribution is 0.385. The Kier molecular flexibility index (Phi) is 4.77. The van der Waals surface area contributed by atoms with Gasteiger partial charge in [0.05, 0.1) is 29.5 Å². The standard InChI is InChI=1S/C14H17BrFN3O/c1-4-19-14(10(15)8-18-19)13(17-2)9-5-6-12(20-3)11(16)7-9/h5-8,13,17H,4H2,1-3H3. The monoisotopic (exact) mass is 341 g/mol. The molecule has 0 radical (unpaired) electrons. The number of ether oxygens (including phenoxy) is 1. The molecule has 6 heteroatoms. The second-order valence-electron chi connectivity index (χ2n) is 4.31. The van der Waals surface area contributed by atoms with E-state index in [9.17, 15) is 4.39 Å². The smallest absolute Gasteiger partial charge is 0.165 e. The molecule has 0 fully saturated rings. The van der Waals surface area contributed by atoms with Crippen LogP contribution >= 0.6 is 15.9 Å². The van der Waals surface area contributed by atoms with Gasteiger partial charge in [0, 0.05) is 6.54 Å². The van der Waals surface area contributed by atoms with Crippen LogP contribution in [0.1, 0.15) is 24.2 Å². The van der Waals surface area contributed by atoms with E-state index in [1.165, 1.54) is 13.2 Å². The number of hydrogen-bond donors (Lipinski definition) is 1. The summed E-state index contributed by atoms with van der Waals surface area (Å²) in [6, 6.07) is 4.82. The Morgan fingerprint density at radius 3 is 2.80 bits per heavy atom. The van der Waals surface area contributed by atoms with Crippen LogP contribution < -0.4 is 10.1 Å². The Morgan fingerprint density at radius 2 is 2.25 bits per heavy atom. The lowest BCUT2D eigenvalue weighted by atomic mass is 10.0. The molecular formula is C14H17BrFN3O. The van der Waals surface area contributed by atoms with E-state index in [1.807, 2.05) is 24.7 Å². The normalized spacial score (nSPS) is 12.4. The highest BCUT2D eigenvalue weighted by Gasteiger charge is 2.21. The molecule has 0 saturated heterocycles. The third-order valence-corrected chi connectivity index (χ3v) is 3.82. The van der Waals surface area contributed by atoms with Crippen LogP contribution in [0, 0.1) is 5.82 Å². The molecule has 1 heterocycles. The molecule has 1 unspecified atom stereocenters. The zero-order valence-corrected chi connectivity index (χ0v) is 13.2. The Bertz CT molecular complexity index is 600. The first-order valence-corrected chi connectivity index (χ1v) is 7.13. The molecule has 0 aliphatic heterocycles. The second kappa shape index (κ2) is 6.37. The first kappa shape index (κ1) is 15.0. The fourth-order valence-corrected chi connectivity index (χ4v) is 2.76. The Hall–Kier alpha value is -1.40. The van der Waals surface area contributed by atoms with Crippen molar-refractivity contribution < 1.29 is 9.13 Å². The van der Waals surface area contributed by atoms with Crippen molar-refractivity contribution in [2.24, 2.45) is 0 Å². The van der Waals surface area contributed by atoms with E-state index in [1.54, 1.807) is 12.3 Å². The number of aromatic nitrogens is 2. The van der Waals surface area contributed by atoms with Gasteiger partial charge in [-0.15, -0.1) is 0 Å². The molecule has 20 heavy (non-hydrogen) atoms. The maximum atomic E-state index is 13.9. The number of nitrogens with one attached hydrogen (secondary N) is 1. The van der Waals surface area contributed by atoms with Crippen LogP contribution in [0.15, 0.2) is 28.9 Å². The van der Waals surface area contributed by atoms with E-state index >= 15 is 0 Å². The lowest BCUT2D eigenvalue weighted by Crippen LogP contribution is -2.22. The molecule has 1 N–H and O–H groups in total. The van der Waals surface area contributed by atoms with Gasteiger partial charge in [-0.1, -0.05) is 6.07 Å². The molecule has 0 aliphatic rings. The average molecular weight is 342 g/mol. The summed E-state index contributed by atoms with van der Waals surface area (Å²) in [7, 11) is 3.29. The van der Waals surface area contributed by atoms with Crippen molar-refractivity contribution in [3.63, 3.8) is 0 Å². The lowest BCUT2D eigenvalue weighted by Gasteiger charge is -2.19. The third kappa shape index (κ3) is 2.71. The highest BCUT2D eigenvalue weighted by molar-refractivity contribution is 9.10. The van der Waals surface area contributed by atoms with Gasteiger partial charge >= 0.3 is 0 Å². The van der Waals surface area contributed by atoms with Crippen molar-refractivity contribution in [2.75, 3.05) is 14.2 Å². The predicted octanol–water partition coefficient (Wildman–Crippen LogP) is 3.12. The second-order valence-corrected chi connectivity index (χ2v) is 5.16. The highest BCUT2D eigenvalue weighted by atomic mass is 79.9. The minimum atomic E-state index is -0.371. The van der Waals surface area contributed by atoms with Crippen molar-refractivity contribution >= 4 is 15.9 Å². The quantitative estimate of drug-likeness (QED) is 0.908. The maximum absolute atomic E-state index is 13.9. The first-order valence-electron chi connectivity index (χ1n) is 6.34. The summed E-state index contributed by atoms with van der Waals surface area (Å²) >= 11 is 3.50. The van der Waals surface area contributed by atoms with Gasteiger partial charge < -0.3 is 10.1 Å². The summed E-state index contributed by atoms with van der Waals surface area (Å²) in [5, 5.41) is 7.50. The summed E-state index contributed by atoms with van der Waals surface area (Å²) in [6.45, 7) is 2.77. The largest absolute Gasteiger partial charge is 0.494 e. The summed E-state index contributed by atoms with van der Waals surface area (Å²) in [4.78, 5) is 0. The molecule has 0 spiro atoms. The number of methoxy groups -OCH3 is 1. The zero-order chi connectivity index (χ0) is 14.7. The number of nitrogens with zero attached hydrogens (tertiary/aromatic N) is 2. The Labute approximate surface area is 126 Å². The zero-order valence-electron chi connectivity index (χ0n) is 11.7. The summed E-state index contributed by atoms with van der Waals surface area (Å²) in [6.07, 6.45) is 1.75. The van der Waals surface area contributed by atoms with E-state index < -0.39 is 0 Å². The van der Waals surface area contributed by atoms with Crippen molar-refractivity contribution in [1.82, 2.24) is 15.1 Å². The van der Waals surface area contributed by atoms with Gasteiger partial charge in [0.25, 0.3) is 0 Å². The van der Waals surface area contributed by atoms with Gasteiger partial charge in [-0.25, -0.2) is 4.39 Å². The van der Waals surface area contributed by atoms with Gasteiger partial charge in [0.2, 0.25) is 0 Å². The van der Waals surface area contributed by atoms with Crippen molar-refractivity contribution in [1.29, 1.82) is 0 Å². The SMILES string of the molecule is CCn1ncc(Br)c1C(NC)c1ccc(OC)c(F)c1. The number of rotatable bonds is 5. The molecule has 1 aromatic heterocycles. The number of halogens is 2. The molecule has 0 bridgehead atoms. The van der Waals surface area contributed by atoms with E-state index in [0.717, 1.165) is 22.3 Å². The van der Waals surface area contributed by atoms with Crippen LogP contribution in [-0.4, -0.2) is 23.9 Å². The third-order valence-electron chi connectivity index (χ3n) is 3.20. The molecule has 2 aromatic rings. The fraction of sp³-hybridized carbons (Fsp3) is 0.357. The van der Waals surface area contributed by atoms with Crippen LogP contribution in [0.3, 0.4) is 0 Å². The Balaban J connectivity index is 2.47. The van der Waals surface area contributed by atoms with Gasteiger partial charge in [-0.3, -0.25) is 4.68 Å². The van der Waals surface area contributed by atoms with Gasteiger partial charge in [-0.05, 0) is 47.6 Å². The Morgan fingerprint density at radius 1 is 1.50 bits per heavy atom. The van der Waals surface area contributed by atoms with Crippen LogP contribution in [0.5, 0.6) is 5.75 Å². The molecule has 4 nitrogen and oxygen atoms in total. The minimum Gasteiger partial charge on any atom is -0.494 e. The van der Waals surface area contributed by atoms with Crippen LogP contribution in [0.4, 0.5) is 4.39 Å². The van der Waals surface area contributed by atoms with Crippen LogP contribution in [0.2, 0.25) is 0 Å². The van der Waals surface area contributed by atoms with Crippen LogP contribution in [-0.2, 0) is 6.54 Å². The molecule has 1 aromatic carbocycles. The topological polar surface area (TPSA) is 39.1 Å². The maximum Gasteiger partial charge on any atom is 0.165 e. The van der Waals surface area contributed by atoms with Gasteiger partial charge in [0.15, 0.2) is 11.6 Å². The fourth-order valence-electron chi connectivity index (χ4n) is 2.23. The molecule has 1 atom stereocenters. The summed E-state index contributed by atoms with van der Waals surface area (Å²) in [5.74, 6) is -0.129. The minimum absolute atomic E-state index is 0.146. The summed E-state index contributed by atoms with van der Waals surface area (Å²) < 4.78 is 21.6. The number of hydrogen-bond acceptors (Lipinski definition) is 3. The van der Waals surface area contributed by atoms with Crippen molar-refractivity contribution in [3.8, 4) is 5.75 Å². The first-order chi connectivity index (χ1) is 9.62. The molecular weight excluding hydrogens is 325 g/mol. The van der Waals surface area contributed by atoms with Gasteiger partial charge in [-0.2, -0.15) is 5.10 Å². The molecule has 2 rings (SSSR count). The van der Waals surface area contributed by atoms with E-state index in [2.05, 4.69) is 26.3 Å². The average Bonchev–Trinajstić information content (AvgIpc) is 2.81. The van der Waals surface area contributed by atoms with Crippen molar-refractivity contribution in [3.05, 3.63) is 45.9 Å². The molecule has 108 valence electrons. The van der Waals surface area contributed by atoms with E-state index in [4.69, 9.17) is 4.74 Å².